The largest absolute Gasteiger partial charge is 0.326 e. The molecule has 1 N–H and O–H groups in total. The standard InChI is InChI=1S/C27H24ClFN4O/c28-21-2-1-3-23(14-21)31-26(34)33-18-27(24-15-22(29)8-9-25(24)33)10-12-32(13-11-27)17-20-6-4-19(16-30)5-7-20/h1-9,14-15H,10-13,17-18H2,(H,31,34). The van der Waals surface area contributed by atoms with Gasteiger partial charge in [0.2, 0.25) is 0 Å². The number of amides is 2. The highest BCUT2D eigenvalue weighted by Crippen LogP contribution is 2.47. The number of hydrogen-bond donors (Lipinski definition) is 1. The number of nitrogens with one attached hydrogen (secondary N) is 1. The Morgan fingerprint density at radius 1 is 1.09 bits per heavy atom. The summed E-state index contributed by atoms with van der Waals surface area (Å²) in [6, 6.07) is 21.3. The zero-order valence-electron chi connectivity index (χ0n) is 18.6. The summed E-state index contributed by atoms with van der Waals surface area (Å²) in [4.78, 5) is 17.3. The lowest BCUT2D eigenvalue weighted by Crippen LogP contribution is -2.46. The number of benzene rings is 3. The van der Waals surface area contributed by atoms with Crippen molar-refractivity contribution in [3.8, 4) is 6.07 Å². The van der Waals surface area contributed by atoms with Crippen LogP contribution in [-0.2, 0) is 12.0 Å². The lowest BCUT2D eigenvalue weighted by Gasteiger charge is -2.40. The van der Waals surface area contributed by atoms with E-state index in [2.05, 4.69) is 16.3 Å². The maximum Gasteiger partial charge on any atom is 0.326 e. The van der Waals surface area contributed by atoms with E-state index in [-0.39, 0.29) is 17.3 Å². The summed E-state index contributed by atoms with van der Waals surface area (Å²) in [7, 11) is 0. The fraction of sp³-hybridized carbons (Fsp3) is 0.259. The van der Waals surface area contributed by atoms with Gasteiger partial charge in [-0.1, -0.05) is 29.8 Å². The minimum atomic E-state index is -0.282. The fourth-order valence-electron chi connectivity index (χ4n) is 5.09. The summed E-state index contributed by atoms with van der Waals surface area (Å²) in [5, 5.41) is 12.5. The highest BCUT2D eigenvalue weighted by molar-refractivity contribution is 6.30. The molecule has 2 heterocycles. The number of nitriles is 1. The molecule has 1 spiro atoms. The number of rotatable bonds is 3. The highest BCUT2D eigenvalue weighted by Gasteiger charge is 2.46. The second kappa shape index (κ2) is 9.09. The van der Waals surface area contributed by atoms with Crippen molar-refractivity contribution >= 4 is 29.0 Å². The molecule has 1 saturated heterocycles. The molecule has 0 aliphatic carbocycles. The first-order valence-corrected chi connectivity index (χ1v) is 11.7. The molecule has 172 valence electrons. The second-order valence-electron chi connectivity index (χ2n) is 9.05. The number of fused-ring (bicyclic) bond motifs is 2. The third-order valence-corrected chi connectivity index (χ3v) is 7.14. The maximum absolute atomic E-state index is 14.3. The molecular formula is C27H24ClFN4O. The third-order valence-electron chi connectivity index (χ3n) is 6.90. The van der Waals surface area contributed by atoms with E-state index in [9.17, 15) is 9.18 Å². The summed E-state index contributed by atoms with van der Waals surface area (Å²) in [5.74, 6) is -0.282. The van der Waals surface area contributed by atoms with E-state index in [4.69, 9.17) is 16.9 Å². The second-order valence-corrected chi connectivity index (χ2v) is 9.49. The van der Waals surface area contributed by atoms with E-state index in [1.807, 2.05) is 24.3 Å². The molecule has 1 fully saturated rings. The van der Waals surface area contributed by atoms with Crippen LogP contribution in [0.3, 0.4) is 0 Å². The molecular weight excluding hydrogens is 451 g/mol. The van der Waals surface area contributed by atoms with Gasteiger partial charge in [-0.3, -0.25) is 9.80 Å². The van der Waals surface area contributed by atoms with E-state index in [0.29, 0.717) is 22.8 Å². The molecule has 3 aromatic rings. The van der Waals surface area contributed by atoms with Gasteiger partial charge in [0, 0.05) is 34.9 Å². The van der Waals surface area contributed by atoms with E-state index in [1.165, 1.54) is 6.07 Å². The van der Waals surface area contributed by atoms with E-state index >= 15 is 0 Å². The predicted octanol–water partition coefficient (Wildman–Crippen LogP) is 5.94. The lowest BCUT2D eigenvalue weighted by molar-refractivity contribution is 0.160. The predicted molar refractivity (Wildman–Crippen MR) is 132 cm³/mol. The molecule has 0 aromatic heterocycles. The summed E-state index contributed by atoms with van der Waals surface area (Å²) >= 11 is 6.06. The van der Waals surface area contributed by atoms with E-state index in [0.717, 1.165) is 49.3 Å². The van der Waals surface area contributed by atoms with Crippen LogP contribution >= 0.6 is 11.6 Å². The quantitative estimate of drug-likeness (QED) is 0.511. The van der Waals surface area contributed by atoms with Gasteiger partial charge in [-0.2, -0.15) is 5.26 Å². The van der Waals surface area contributed by atoms with Crippen molar-refractivity contribution in [1.29, 1.82) is 5.26 Å². The zero-order chi connectivity index (χ0) is 23.7. The molecule has 2 amide bonds. The number of urea groups is 1. The van der Waals surface area contributed by atoms with Crippen molar-refractivity contribution in [2.24, 2.45) is 0 Å². The van der Waals surface area contributed by atoms with Gasteiger partial charge < -0.3 is 5.32 Å². The molecule has 2 aliphatic rings. The van der Waals surface area contributed by atoms with Crippen molar-refractivity contribution < 1.29 is 9.18 Å². The summed E-state index contributed by atoms with van der Waals surface area (Å²) in [5.41, 5.74) is 3.84. The Bertz CT molecular complexity index is 1260. The average molecular weight is 475 g/mol. The first kappa shape index (κ1) is 22.4. The van der Waals surface area contributed by atoms with Crippen LogP contribution in [-0.4, -0.2) is 30.6 Å². The first-order chi connectivity index (χ1) is 16.5. The number of hydrogen-bond acceptors (Lipinski definition) is 3. The minimum Gasteiger partial charge on any atom is -0.307 e. The molecule has 5 nitrogen and oxygen atoms in total. The topological polar surface area (TPSA) is 59.4 Å². The Hall–Kier alpha value is -3.40. The molecule has 5 rings (SSSR count). The molecule has 0 unspecified atom stereocenters. The average Bonchev–Trinajstić information content (AvgIpc) is 3.14. The highest BCUT2D eigenvalue weighted by atomic mass is 35.5. The molecule has 0 radical (unpaired) electrons. The van der Waals surface area contributed by atoms with Gasteiger partial charge in [0.05, 0.1) is 11.6 Å². The molecule has 0 bridgehead atoms. The number of carbonyl (C=O) groups excluding carboxylic acids is 1. The van der Waals surface area contributed by atoms with Gasteiger partial charge in [0.15, 0.2) is 0 Å². The fourth-order valence-corrected chi connectivity index (χ4v) is 5.28. The van der Waals surface area contributed by atoms with Gasteiger partial charge in [0.1, 0.15) is 5.82 Å². The van der Waals surface area contributed by atoms with Crippen LogP contribution in [0.5, 0.6) is 0 Å². The lowest BCUT2D eigenvalue weighted by atomic mass is 9.74. The molecule has 34 heavy (non-hydrogen) atoms. The smallest absolute Gasteiger partial charge is 0.307 e. The summed E-state index contributed by atoms with van der Waals surface area (Å²) in [6.45, 7) is 3.01. The maximum atomic E-state index is 14.3. The van der Waals surface area contributed by atoms with Crippen molar-refractivity contribution in [2.45, 2.75) is 24.8 Å². The Balaban J connectivity index is 1.33. The van der Waals surface area contributed by atoms with Crippen LogP contribution in [0.15, 0.2) is 66.7 Å². The van der Waals surface area contributed by atoms with Crippen molar-refractivity contribution in [3.63, 3.8) is 0 Å². The van der Waals surface area contributed by atoms with Gasteiger partial charge >= 0.3 is 6.03 Å². The number of halogens is 2. The Labute approximate surface area is 203 Å². The molecule has 0 saturated carbocycles. The van der Waals surface area contributed by atoms with Crippen LogP contribution in [0.25, 0.3) is 0 Å². The van der Waals surface area contributed by atoms with E-state index < -0.39 is 0 Å². The van der Waals surface area contributed by atoms with Gasteiger partial charge in [-0.05, 0) is 85.6 Å². The monoisotopic (exact) mass is 474 g/mol. The van der Waals surface area contributed by atoms with Crippen LogP contribution in [0.2, 0.25) is 5.02 Å². The van der Waals surface area contributed by atoms with Gasteiger partial charge in [-0.25, -0.2) is 9.18 Å². The summed E-state index contributed by atoms with van der Waals surface area (Å²) < 4.78 is 14.3. The van der Waals surface area contributed by atoms with Crippen molar-refractivity contribution in [1.82, 2.24) is 4.90 Å². The van der Waals surface area contributed by atoms with Crippen LogP contribution in [0, 0.1) is 17.1 Å². The molecule has 3 aromatic carbocycles. The molecule has 0 atom stereocenters. The van der Waals surface area contributed by atoms with Gasteiger partial charge in [0.25, 0.3) is 0 Å². The Morgan fingerprint density at radius 2 is 1.85 bits per heavy atom. The number of anilines is 2. The molecule has 7 heteroatoms. The summed E-state index contributed by atoms with van der Waals surface area (Å²) in [6.07, 6.45) is 1.67. The minimum absolute atomic E-state index is 0.244. The van der Waals surface area contributed by atoms with Crippen molar-refractivity contribution in [2.75, 3.05) is 29.9 Å². The van der Waals surface area contributed by atoms with Gasteiger partial charge in [-0.15, -0.1) is 0 Å². The SMILES string of the molecule is N#Cc1ccc(CN2CCC3(CC2)CN(C(=O)Nc2cccc(Cl)c2)c2ccc(F)cc23)cc1. The van der Waals surface area contributed by atoms with E-state index in [1.54, 1.807) is 41.3 Å². The number of nitrogens with zero attached hydrogens (tertiary/aromatic N) is 3. The van der Waals surface area contributed by atoms with Crippen LogP contribution in [0.4, 0.5) is 20.6 Å². The number of likely N-dealkylation sites (tertiary alicyclic amines) is 1. The Morgan fingerprint density at radius 3 is 2.56 bits per heavy atom. The molecule has 2 aliphatic heterocycles. The van der Waals surface area contributed by atoms with Crippen molar-refractivity contribution in [3.05, 3.63) is 94.3 Å². The normalized spacial score (nSPS) is 16.8. The van der Waals surface area contributed by atoms with Crippen LogP contribution < -0.4 is 10.2 Å². The van der Waals surface area contributed by atoms with Crippen LogP contribution in [0.1, 0.15) is 29.5 Å². The number of piperidine rings is 1. The first-order valence-electron chi connectivity index (χ1n) is 11.3. The Kier molecular flexibility index (Phi) is 5.99. The number of carbonyl (C=O) groups is 1. The zero-order valence-corrected chi connectivity index (χ0v) is 19.4. The third kappa shape index (κ3) is 4.37.